The smallest absolute Gasteiger partial charge is 0.0734 e. The van der Waals surface area contributed by atoms with E-state index in [0.29, 0.717) is 17.7 Å². The third-order valence-corrected chi connectivity index (χ3v) is 3.94. The molecule has 2 heterocycles. The average molecular weight is 197 g/mol. The first-order valence-electron chi connectivity index (χ1n) is 6.06. The Bertz CT molecular complexity index is 192. The summed E-state index contributed by atoms with van der Waals surface area (Å²) < 4.78 is 6.00. The number of fused-ring (bicyclic) bond motifs is 1. The van der Waals surface area contributed by atoms with E-state index in [-0.39, 0.29) is 0 Å². The SMILES string of the molecule is CC(C)OC(C)C12CCCN1CCC2. The second kappa shape index (κ2) is 3.82. The Morgan fingerprint density at radius 1 is 1.07 bits per heavy atom. The van der Waals surface area contributed by atoms with Crippen LogP contribution in [0.25, 0.3) is 0 Å². The van der Waals surface area contributed by atoms with Crippen LogP contribution >= 0.6 is 0 Å². The van der Waals surface area contributed by atoms with Crippen LogP contribution in [0.4, 0.5) is 0 Å². The van der Waals surface area contributed by atoms with Crippen molar-refractivity contribution in [1.82, 2.24) is 4.90 Å². The molecule has 2 fully saturated rings. The highest BCUT2D eigenvalue weighted by molar-refractivity contribution is 5.04. The van der Waals surface area contributed by atoms with Gasteiger partial charge in [0.05, 0.1) is 12.2 Å². The van der Waals surface area contributed by atoms with Crippen LogP contribution in [0, 0.1) is 0 Å². The van der Waals surface area contributed by atoms with Gasteiger partial charge in [-0.2, -0.15) is 0 Å². The molecule has 0 aromatic carbocycles. The second-order valence-electron chi connectivity index (χ2n) is 5.12. The Labute approximate surface area is 87.6 Å². The molecule has 0 amide bonds. The summed E-state index contributed by atoms with van der Waals surface area (Å²) in [4.78, 5) is 2.67. The molecule has 0 saturated carbocycles. The minimum absolute atomic E-state index is 0.363. The van der Waals surface area contributed by atoms with Crippen LogP contribution in [0.15, 0.2) is 0 Å². The van der Waals surface area contributed by atoms with Gasteiger partial charge in [-0.15, -0.1) is 0 Å². The lowest BCUT2D eigenvalue weighted by atomic mass is 9.88. The zero-order valence-electron chi connectivity index (χ0n) is 9.75. The average Bonchev–Trinajstić information content (AvgIpc) is 2.58. The van der Waals surface area contributed by atoms with E-state index in [9.17, 15) is 0 Å². The van der Waals surface area contributed by atoms with Crippen molar-refractivity contribution in [3.05, 3.63) is 0 Å². The number of rotatable bonds is 3. The third-order valence-electron chi connectivity index (χ3n) is 3.94. The Kier molecular flexibility index (Phi) is 2.85. The van der Waals surface area contributed by atoms with Gasteiger partial charge in [0.25, 0.3) is 0 Å². The fourth-order valence-corrected chi connectivity index (χ4v) is 3.35. The quantitative estimate of drug-likeness (QED) is 0.689. The number of ether oxygens (including phenoxy) is 1. The highest BCUT2D eigenvalue weighted by Crippen LogP contribution is 2.42. The van der Waals surface area contributed by atoms with Crippen LogP contribution in [0.5, 0.6) is 0 Å². The highest BCUT2D eigenvalue weighted by Gasteiger charge is 2.48. The predicted octanol–water partition coefficient (Wildman–Crippen LogP) is 2.43. The summed E-state index contributed by atoms with van der Waals surface area (Å²) >= 11 is 0. The van der Waals surface area contributed by atoms with Crippen LogP contribution in [-0.4, -0.2) is 35.7 Å². The lowest BCUT2D eigenvalue weighted by Crippen LogP contribution is -2.49. The van der Waals surface area contributed by atoms with Gasteiger partial charge < -0.3 is 4.74 Å². The topological polar surface area (TPSA) is 12.5 Å². The van der Waals surface area contributed by atoms with Gasteiger partial charge in [0, 0.05) is 5.54 Å². The summed E-state index contributed by atoms with van der Waals surface area (Å²) in [5, 5.41) is 0. The molecular formula is C12H23NO. The predicted molar refractivity (Wildman–Crippen MR) is 58.5 cm³/mol. The summed E-state index contributed by atoms with van der Waals surface area (Å²) in [6, 6.07) is 0. The summed E-state index contributed by atoms with van der Waals surface area (Å²) in [5.74, 6) is 0. The van der Waals surface area contributed by atoms with Gasteiger partial charge in [0.2, 0.25) is 0 Å². The first kappa shape index (κ1) is 10.4. The largest absolute Gasteiger partial charge is 0.374 e. The Morgan fingerprint density at radius 3 is 2.14 bits per heavy atom. The molecule has 14 heavy (non-hydrogen) atoms. The van der Waals surface area contributed by atoms with E-state index in [2.05, 4.69) is 25.7 Å². The summed E-state index contributed by atoms with van der Waals surface area (Å²) in [7, 11) is 0. The molecule has 0 spiro atoms. The van der Waals surface area contributed by atoms with E-state index >= 15 is 0 Å². The van der Waals surface area contributed by atoms with Gasteiger partial charge in [0.15, 0.2) is 0 Å². The molecule has 2 aliphatic rings. The van der Waals surface area contributed by atoms with Gasteiger partial charge >= 0.3 is 0 Å². The molecule has 2 heteroatoms. The first-order valence-corrected chi connectivity index (χ1v) is 6.06. The molecular weight excluding hydrogens is 174 g/mol. The van der Waals surface area contributed by atoms with Crippen LogP contribution in [0.2, 0.25) is 0 Å². The Balaban J connectivity index is 2.06. The molecule has 1 unspecified atom stereocenters. The number of hydrogen-bond donors (Lipinski definition) is 0. The third kappa shape index (κ3) is 1.59. The Morgan fingerprint density at radius 2 is 1.64 bits per heavy atom. The number of nitrogens with zero attached hydrogens (tertiary/aromatic N) is 1. The monoisotopic (exact) mass is 197 g/mol. The maximum absolute atomic E-state index is 6.00. The van der Waals surface area contributed by atoms with E-state index < -0.39 is 0 Å². The maximum atomic E-state index is 6.00. The molecule has 2 nitrogen and oxygen atoms in total. The fourth-order valence-electron chi connectivity index (χ4n) is 3.35. The van der Waals surface area contributed by atoms with Crippen LogP contribution in [-0.2, 0) is 4.74 Å². The van der Waals surface area contributed by atoms with Crippen molar-refractivity contribution in [3.8, 4) is 0 Å². The zero-order chi connectivity index (χ0) is 10.2. The molecule has 0 N–H and O–H groups in total. The Hall–Kier alpha value is -0.0800. The van der Waals surface area contributed by atoms with Gasteiger partial charge in [-0.05, 0) is 59.5 Å². The first-order chi connectivity index (χ1) is 6.65. The van der Waals surface area contributed by atoms with Crippen molar-refractivity contribution in [3.63, 3.8) is 0 Å². The molecule has 2 rings (SSSR count). The molecule has 2 saturated heterocycles. The molecule has 0 aromatic heterocycles. The molecule has 0 aliphatic carbocycles. The fraction of sp³-hybridized carbons (Fsp3) is 1.00. The number of hydrogen-bond acceptors (Lipinski definition) is 2. The van der Waals surface area contributed by atoms with Crippen molar-refractivity contribution >= 4 is 0 Å². The maximum Gasteiger partial charge on any atom is 0.0734 e. The van der Waals surface area contributed by atoms with E-state index in [4.69, 9.17) is 4.74 Å². The van der Waals surface area contributed by atoms with Crippen LogP contribution < -0.4 is 0 Å². The van der Waals surface area contributed by atoms with Crippen LogP contribution in [0.1, 0.15) is 46.5 Å². The minimum Gasteiger partial charge on any atom is -0.374 e. The molecule has 1 atom stereocenters. The second-order valence-corrected chi connectivity index (χ2v) is 5.12. The van der Waals surface area contributed by atoms with Crippen molar-refractivity contribution in [2.45, 2.75) is 64.2 Å². The molecule has 82 valence electrons. The molecule has 0 radical (unpaired) electrons. The van der Waals surface area contributed by atoms with Crippen LogP contribution in [0.3, 0.4) is 0 Å². The zero-order valence-corrected chi connectivity index (χ0v) is 9.75. The van der Waals surface area contributed by atoms with Gasteiger partial charge in [0.1, 0.15) is 0 Å². The summed E-state index contributed by atoms with van der Waals surface area (Å²) in [6.07, 6.45) is 6.20. The minimum atomic E-state index is 0.363. The summed E-state index contributed by atoms with van der Waals surface area (Å²) in [6.45, 7) is 9.14. The van der Waals surface area contributed by atoms with Crippen molar-refractivity contribution < 1.29 is 4.74 Å². The van der Waals surface area contributed by atoms with Gasteiger partial charge in [-0.1, -0.05) is 0 Å². The van der Waals surface area contributed by atoms with E-state index in [1.807, 2.05) is 0 Å². The molecule has 0 aromatic rings. The van der Waals surface area contributed by atoms with E-state index in [1.54, 1.807) is 0 Å². The normalized spacial score (nSPS) is 28.3. The van der Waals surface area contributed by atoms with Crippen molar-refractivity contribution in [2.75, 3.05) is 13.1 Å². The molecule has 2 aliphatic heterocycles. The van der Waals surface area contributed by atoms with E-state index in [1.165, 1.54) is 38.8 Å². The van der Waals surface area contributed by atoms with Gasteiger partial charge in [-0.3, -0.25) is 4.90 Å². The standard InChI is InChI=1S/C12H23NO/c1-10(2)14-11(3)12-6-4-8-13(12)9-5-7-12/h10-11H,4-9H2,1-3H3. The highest BCUT2D eigenvalue weighted by atomic mass is 16.5. The van der Waals surface area contributed by atoms with Crippen molar-refractivity contribution in [1.29, 1.82) is 0 Å². The lowest BCUT2D eigenvalue weighted by molar-refractivity contribution is -0.0599. The lowest BCUT2D eigenvalue weighted by Gasteiger charge is -2.38. The van der Waals surface area contributed by atoms with E-state index in [0.717, 1.165) is 0 Å². The van der Waals surface area contributed by atoms with Gasteiger partial charge in [-0.25, -0.2) is 0 Å². The molecule has 0 bridgehead atoms. The van der Waals surface area contributed by atoms with Crippen molar-refractivity contribution in [2.24, 2.45) is 0 Å². The summed E-state index contributed by atoms with van der Waals surface area (Å²) in [5.41, 5.74) is 0.407.